The fraction of sp³-hybridized carbons (Fsp3) is 0.211. The lowest BCUT2D eigenvalue weighted by Gasteiger charge is -2.16. The van der Waals surface area contributed by atoms with E-state index >= 15 is 0 Å². The Hall–Kier alpha value is -2.95. The average molecular weight is 328 g/mol. The van der Waals surface area contributed by atoms with Crippen molar-refractivity contribution < 1.29 is 24.1 Å². The molecule has 24 heavy (non-hydrogen) atoms. The zero-order valence-corrected chi connectivity index (χ0v) is 14.1. The van der Waals surface area contributed by atoms with Gasteiger partial charge in [-0.1, -0.05) is 12.1 Å². The van der Waals surface area contributed by atoms with E-state index < -0.39 is 5.97 Å². The first-order valence-electron chi connectivity index (χ1n) is 7.32. The molecular weight excluding hydrogens is 308 g/mol. The van der Waals surface area contributed by atoms with E-state index in [1.54, 1.807) is 34.3 Å². The van der Waals surface area contributed by atoms with Crippen LogP contribution >= 0.6 is 0 Å². The Labute approximate surface area is 141 Å². The molecule has 0 heterocycles. The van der Waals surface area contributed by atoms with Crippen molar-refractivity contribution in [3.63, 3.8) is 0 Å². The SMILES string of the molecule is COc1ccc(-c2cc(/C(C)=C/C(=O)O)cc(OC)c2OC)cc1. The number of carboxylic acids is 1. The summed E-state index contributed by atoms with van der Waals surface area (Å²) in [5, 5.41) is 8.97. The maximum atomic E-state index is 10.9. The number of benzene rings is 2. The minimum Gasteiger partial charge on any atom is -0.497 e. The summed E-state index contributed by atoms with van der Waals surface area (Å²) in [5.41, 5.74) is 3.10. The molecule has 2 aromatic carbocycles. The standard InChI is InChI=1S/C19H20O5/c1-12(9-18(20)21)14-10-16(19(24-4)17(11-14)23-3)13-5-7-15(22-2)8-6-13/h5-11H,1-4H3,(H,20,21)/b12-9+. The first kappa shape index (κ1) is 17.4. The fourth-order valence-electron chi connectivity index (χ4n) is 2.45. The third-order valence-electron chi connectivity index (χ3n) is 3.68. The monoisotopic (exact) mass is 328 g/mol. The molecule has 2 rings (SSSR count). The summed E-state index contributed by atoms with van der Waals surface area (Å²) >= 11 is 0. The van der Waals surface area contributed by atoms with Gasteiger partial charge in [0.15, 0.2) is 11.5 Å². The first-order chi connectivity index (χ1) is 11.5. The summed E-state index contributed by atoms with van der Waals surface area (Å²) in [4.78, 5) is 10.9. The largest absolute Gasteiger partial charge is 0.497 e. The highest BCUT2D eigenvalue weighted by atomic mass is 16.5. The molecular formula is C19H20O5. The summed E-state index contributed by atoms with van der Waals surface area (Å²) in [6.45, 7) is 1.74. The van der Waals surface area contributed by atoms with Gasteiger partial charge in [0.2, 0.25) is 0 Å². The van der Waals surface area contributed by atoms with Gasteiger partial charge in [0, 0.05) is 11.6 Å². The molecule has 0 saturated carbocycles. The van der Waals surface area contributed by atoms with Crippen LogP contribution in [0.2, 0.25) is 0 Å². The molecule has 0 amide bonds. The molecule has 5 heteroatoms. The van der Waals surface area contributed by atoms with Crippen LogP contribution in [0.5, 0.6) is 17.2 Å². The van der Waals surface area contributed by atoms with Crippen LogP contribution < -0.4 is 14.2 Å². The molecule has 2 aromatic rings. The lowest BCUT2D eigenvalue weighted by atomic mass is 9.97. The van der Waals surface area contributed by atoms with Crippen LogP contribution in [0.25, 0.3) is 16.7 Å². The van der Waals surface area contributed by atoms with Gasteiger partial charge in [-0.15, -0.1) is 0 Å². The molecule has 0 aromatic heterocycles. The zero-order valence-electron chi connectivity index (χ0n) is 14.1. The van der Waals surface area contributed by atoms with E-state index in [9.17, 15) is 4.79 Å². The van der Waals surface area contributed by atoms with Gasteiger partial charge in [-0.05, 0) is 47.9 Å². The maximum absolute atomic E-state index is 10.9. The van der Waals surface area contributed by atoms with Crippen LogP contribution in [-0.4, -0.2) is 32.4 Å². The second-order valence-electron chi connectivity index (χ2n) is 5.15. The molecule has 0 radical (unpaired) electrons. The van der Waals surface area contributed by atoms with Crippen LogP contribution in [0, 0.1) is 0 Å². The summed E-state index contributed by atoms with van der Waals surface area (Å²) in [6.07, 6.45) is 1.17. The predicted molar refractivity (Wildman–Crippen MR) is 92.8 cm³/mol. The van der Waals surface area contributed by atoms with Gasteiger partial charge in [0.1, 0.15) is 5.75 Å². The van der Waals surface area contributed by atoms with E-state index in [2.05, 4.69) is 0 Å². The molecule has 1 N–H and O–H groups in total. The van der Waals surface area contributed by atoms with Crippen molar-refractivity contribution in [1.29, 1.82) is 0 Å². The van der Waals surface area contributed by atoms with Gasteiger partial charge >= 0.3 is 5.97 Å². The Morgan fingerprint density at radius 2 is 1.67 bits per heavy atom. The Morgan fingerprint density at radius 3 is 2.17 bits per heavy atom. The number of rotatable bonds is 6. The molecule has 0 unspecified atom stereocenters. The number of hydrogen-bond acceptors (Lipinski definition) is 4. The highest BCUT2D eigenvalue weighted by Crippen LogP contribution is 2.41. The topological polar surface area (TPSA) is 65.0 Å². The number of carboxylic acid groups (broad SMARTS) is 1. The van der Waals surface area contributed by atoms with Crippen LogP contribution in [0.15, 0.2) is 42.5 Å². The summed E-state index contributed by atoms with van der Waals surface area (Å²) in [7, 11) is 4.74. The van der Waals surface area contributed by atoms with E-state index in [1.807, 2.05) is 30.3 Å². The highest BCUT2D eigenvalue weighted by molar-refractivity contribution is 5.91. The van der Waals surface area contributed by atoms with Crippen molar-refractivity contribution in [1.82, 2.24) is 0 Å². The summed E-state index contributed by atoms with van der Waals surface area (Å²) in [5.74, 6) is 0.893. The third kappa shape index (κ3) is 3.68. The first-order valence-corrected chi connectivity index (χ1v) is 7.32. The van der Waals surface area contributed by atoms with Gasteiger partial charge < -0.3 is 19.3 Å². The third-order valence-corrected chi connectivity index (χ3v) is 3.68. The summed E-state index contributed by atoms with van der Waals surface area (Å²) in [6, 6.07) is 11.2. The molecule has 0 aliphatic heterocycles. The molecule has 0 bridgehead atoms. The molecule has 0 atom stereocenters. The Balaban J connectivity index is 2.64. The number of carbonyl (C=O) groups is 1. The number of ether oxygens (including phenoxy) is 3. The van der Waals surface area contributed by atoms with Gasteiger partial charge in [-0.25, -0.2) is 4.79 Å². The van der Waals surface area contributed by atoms with Crippen LogP contribution in [0.3, 0.4) is 0 Å². The Morgan fingerprint density at radius 1 is 1.00 bits per heavy atom. The molecule has 0 fully saturated rings. The van der Waals surface area contributed by atoms with Crippen LogP contribution in [0.1, 0.15) is 12.5 Å². The maximum Gasteiger partial charge on any atom is 0.328 e. The van der Waals surface area contributed by atoms with Crippen LogP contribution in [-0.2, 0) is 4.79 Å². The molecule has 0 aliphatic carbocycles. The lowest BCUT2D eigenvalue weighted by Crippen LogP contribution is -1.97. The predicted octanol–water partition coefficient (Wildman–Crippen LogP) is 3.87. The molecule has 0 saturated heterocycles. The van der Waals surface area contributed by atoms with E-state index in [-0.39, 0.29) is 0 Å². The zero-order chi connectivity index (χ0) is 17.7. The lowest BCUT2D eigenvalue weighted by molar-refractivity contribution is -0.131. The number of hydrogen-bond donors (Lipinski definition) is 1. The fourth-order valence-corrected chi connectivity index (χ4v) is 2.45. The van der Waals surface area contributed by atoms with Crippen molar-refractivity contribution >= 4 is 11.5 Å². The van der Waals surface area contributed by atoms with Crippen molar-refractivity contribution in [2.45, 2.75) is 6.92 Å². The van der Waals surface area contributed by atoms with Crippen molar-refractivity contribution in [3.8, 4) is 28.4 Å². The van der Waals surface area contributed by atoms with Gasteiger partial charge in [-0.3, -0.25) is 0 Å². The van der Waals surface area contributed by atoms with E-state index in [0.29, 0.717) is 17.1 Å². The Kier molecular flexibility index (Phi) is 5.47. The van der Waals surface area contributed by atoms with Gasteiger partial charge in [-0.2, -0.15) is 0 Å². The molecule has 0 spiro atoms. The van der Waals surface area contributed by atoms with E-state index in [4.69, 9.17) is 19.3 Å². The van der Waals surface area contributed by atoms with Crippen molar-refractivity contribution in [2.24, 2.45) is 0 Å². The minimum atomic E-state index is -0.992. The number of allylic oxidation sites excluding steroid dienone is 1. The van der Waals surface area contributed by atoms with Gasteiger partial charge in [0.05, 0.1) is 21.3 Å². The van der Waals surface area contributed by atoms with Crippen molar-refractivity contribution in [2.75, 3.05) is 21.3 Å². The molecule has 5 nitrogen and oxygen atoms in total. The molecule has 0 aliphatic rings. The summed E-state index contributed by atoms with van der Waals surface area (Å²) < 4.78 is 16.1. The van der Waals surface area contributed by atoms with E-state index in [0.717, 1.165) is 22.4 Å². The normalized spacial score (nSPS) is 11.1. The van der Waals surface area contributed by atoms with E-state index in [1.165, 1.54) is 6.08 Å². The average Bonchev–Trinajstić information content (AvgIpc) is 2.59. The minimum absolute atomic E-state index is 0.541. The second kappa shape index (κ2) is 7.55. The second-order valence-corrected chi connectivity index (χ2v) is 5.15. The van der Waals surface area contributed by atoms with Crippen molar-refractivity contribution in [3.05, 3.63) is 48.0 Å². The highest BCUT2D eigenvalue weighted by Gasteiger charge is 2.15. The number of methoxy groups -OCH3 is 3. The number of aliphatic carboxylic acids is 1. The Bertz CT molecular complexity index is 760. The quantitative estimate of drug-likeness (QED) is 0.816. The smallest absolute Gasteiger partial charge is 0.328 e. The molecule has 126 valence electrons. The van der Waals surface area contributed by atoms with Crippen LogP contribution in [0.4, 0.5) is 0 Å². The van der Waals surface area contributed by atoms with Gasteiger partial charge in [0.25, 0.3) is 0 Å².